The molecule has 3 rings (SSSR count). The highest BCUT2D eigenvalue weighted by atomic mass is 35.5. The Hall–Kier alpha value is -1.77. The van der Waals surface area contributed by atoms with E-state index in [0.29, 0.717) is 5.02 Å². The van der Waals surface area contributed by atoms with Gasteiger partial charge in [0.25, 0.3) is 0 Å². The molecule has 3 heteroatoms. The van der Waals surface area contributed by atoms with E-state index in [4.69, 9.17) is 21.8 Å². The summed E-state index contributed by atoms with van der Waals surface area (Å²) in [5.74, 6) is 0.929. The Morgan fingerprint density at radius 1 is 1.10 bits per heavy atom. The second-order valence-electron chi connectivity index (χ2n) is 4.79. The third-order valence-corrected chi connectivity index (χ3v) is 3.93. The molecular formula is C17H16ClNO. The summed E-state index contributed by atoms with van der Waals surface area (Å²) in [5.41, 5.74) is 9.30. The lowest BCUT2D eigenvalue weighted by Gasteiger charge is -2.14. The molecule has 0 aliphatic rings. The highest BCUT2D eigenvalue weighted by Crippen LogP contribution is 2.35. The van der Waals surface area contributed by atoms with Crippen LogP contribution in [0.2, 0.25) is 5.02 Å². The number of benzene rings is 2. The zero-order chi connectivity index (χ0) is 14.1. The lowest BCUT2D eigenvalue weighted by atomic mass is 9.96. The SMILES string of the molecule is CCc1oc2ccccc2c1C(N)c1ccccc1Cl. The molecule has 1 heterocycles. The average molecular weight is 286 g/mol. The van der Waals surface area contributed by atoms with E-state index in [2.05, 4.69) is 6.92 Å². The van der Waals surface area contributed by atoms with Gasteiger partial charge in [0.2, 0.25) is 0 Å². The number of aryl methyl sites for hydroxylation is 1. The average Bonchev–Trinajstić information content (AvgIpc) is 2.85. The van der Waals surface area contributed by atoms with Gasteiger partial charge in [0.05, 0.1) is 6.04 Å². The minimum absolute atomic E-state index is 0.276. The van der Waals surface area contributed by atoms with Gasteiger partial charge in [-0.1, -0.05) is 54.9 Å². The van der Waals surface area contributed by atoms with E-state index in [-0.39, 0.29) is 6.04 Å². The van der Waals surface area contributed by atoms with Gasteiger partial charge in [0.1, 0.15) is 11.3 Å². The standard InChI is InChI=1S/C17H16ClNO/c1-2-14-16(12-8-4-6-10-15(12)20-14)17(19)11-7-3-5-9-13(11)18/h3-10,17H,2,19H2,1H3. The van der Waals surface area contributed by atoms with E-state index >= 15 is 0 Å². The van der Waals surface area contributed by atoms with Gasteiger partial charge in [-0.15, -0.1) is 0 Å². The molecule has 0 bridgehead atoms. The quantitative estimate of drug-likeness (QED) is 0.758. The molecule has 2 N–H and O–H groups in total. The second kappa shape index (κ2) is 5.31. The van der Waals surface area contributed by atoms with E-state index < -0.39 is 0 Å². The van der Waals surface area contributed by atoms with Crippen LogP contribution in [0.3, 0.4) is 0 Å². The van der Waals surface area contributed by atoms with Gasteiger partial charge in [-0.25, -0.2) is 0 Å². The summed E-state index contributed by atoms with van der Waals surface area (Å²) < 4.78 is 5.91. The molecule has 0 radical (unpaired) electrons. The Bertz CT molecular complexity index is 748. The molecule has 0 spiro atoms. The molecule has 0 fully saturated rings. The van der Waals surface area contributed by atoms with Gasteiger partial charge < -0.3 is 10.2 Å². The van der Waals surface area contributed by atoms with Crippen molar-refractivity contribution in [3.63, 3.8) is 0 Å². The number of halogens is 1. The lowest BCUT2D eigenvalue weighted by molar-refractivity contribution is 0.546. The molecule has 0 saturated carbocycles. The number of hydrogen-bond donors (Lipinski definition) is 1. The summed E-state index contributed by atoms with van der Waals surface area (Å²) in [7, 11) is 0. The number of furan rings is 1. The van der Waals surface area contributed by atoms with Crippen LogP contribution >= 0.6 is 11.6 Å². The Balaban J connectivity index is 2.21. The van der Waals surface area contributed by atoms with Crippen LogP contribution in [-0.4, -0.2) is 0 Å². The van der Waals surface area contributed by atoms with Crippen LogP contribution < -0.4 is 5.73 Å². The Morgan fingerprint density at radius 2 is 1.80 bits per heavy atom. The summed E-state index contributed by atoms with van der Waals surface area (Å²) in [4.78, 5) is 0. The smallest absolute Gasteiger partial charge is 0.134 e. The molecular weight excluding hydrogens is 270 g/mol. The molecule has 2 nitrogen and oxygen atoms in total. The second-order valence-corrected chi connectivity index (χ2v) is 5.20. The van der Waals surface area contributed by atoms with E-state index in [0.717, 1.165) is 34.3 Å². The van der Waals surface area contributed by atoms with Gasteiger partial charge in [0, 0.05) is 22.4 Å². The van der Waals surface area contributed by atoms with Crippen LogP contribution in [0.25, 0.3) is 11.0 Å². The molecule has 2 aromatic carbocycles. The van der Waals surface area contributed by atoms with Crippen molar-refractivity contribution in [2.45, 2.75) is 19.4 Å². The summed E-state index contributed by atoms with van der Waals surface area (Å²) in [5, 5.41) is 1.75. The first kappa shape index (κ1) is 13.2. The van der Waals surface area contributed by atoms with Crippen LogP contribution in [0.5, 0.6) is 0 Å². The Kier molecular flexibility index (Phi) is 3.51. The lowest BCUT2D eigenvalue weighted by Crippen LogP contribution is -2.13. The summed E-state index contributed by atoms with van der Waals surface area (Å²) in [6, 6.07) is 15.4. The van der Waals surface area contributed by atoms with Crippen LogP contribution in [-0.2, 0) is 6.42 Å². The largest absolute Gasteiger partial charge is 0.461 e. The number of hydrogen-bond acceptors (Lipinski definition) is 2. The topological polar surface area (TPSA) is 39.2 Å². The van der Waals surface area contributed by atoms with Gasteiger partial charge in [-0.3, -0.25) is 0 Å². The number of fused-ring (bicyclic) bond motifs is 1. The molecule has 0 saturated heterocycles. The highest BCUT2D eigenvalue weighted by Gasteiger charge is 2.21. The molecule has 0 aliphatic heterocycles. The fourth-order valence-electron chi connectivity index (χ4n) is 2.60. The van der Waals surface area contributed by atoms with Crippen molar-refractivity contribution in [3.8, 4) is 0 Å². The molecule has 1 unspecified atom stereocenters. The van der Waals surface area contributed by atoms with Crippen molar-refractivity contribution in [2.24, 2.45) is 5.73 Å². The molecule has 3 aromatic rings. The molecule has 102 valence electrons. The number of nitrogens with two attached hydrogens (primary N) is 1. The van der Waals surface area contributed by atoms with Crippen LogP contribution in [0.4, 0.5) is 0 Å². The van der Waals surface area contributed by atoms with Crippen molar-refractivity contribution in [1.82, 2.24) is 0 Å². The predicted octanol–water partition coefficient (Wildman–Crippen LogP) is 4.70. The third-order valence-electron chi connectivity index (χ3n) is 3.58. The van der Waals surface area contributed by atoms with Crippen LogP contribution in [0.15, 0.2) is 52.9 Å². The number of rotatable bonds is 3. The van der Waals surface area contributed by atoms with E-state index in [1.54, 1.807) is 0 Å². The summed E-state index contributed by atoms with van der Waals surface area (Å²) in [6.45, 7) is 2.07. The van der Waals surface area contributed by atoms with Crippen molar-refractivity contribution < 1.29 is 4.42 Å². The van der Waals surface area contributed by atoms with Crippen molar-refractivity contribution in [1.29, 1.82) is 0 Å². The van der Waals surface area contributed by atoms with Crippen molar-refractivity contribution in [2.75, 3.05) is 0 Å². The minimum atomic E-state index is -0.276. The fraction of sp³-hybridized carbons (Fsp3) is 0.176. The Labute approximate surface area is 123 Å². The molecule has 0 amide bonds. The zero-order valence-corrected chi connectivity index (χ0v) is 12.0. The normalized spacial score (nSPS) is 12.8. The minimum Gasteiger partial charge on any atom is -0.461 e. The van der Waals surface area contributed by atoms with Crippen molar-refractivity contribution in [3.05, 3.63) is 70.4 Å². The maximum atomic E-state index is 6.46. The first-order valence-electron chi connectivity index (χ1n) is 6.72. The van der Waals surface area contributed by atoms with Crippen molar-refractivity contribution >= 4 is 22.6 Å². The maximum Gasteiger partial charge on any atom is 0.134 e. The van der Waals surface area contributed by atoms with E-state index in [9.17, 15) is 0 Å². The van der Waals surface area contributed by atoms with Crippen LogP contribution in [0.1, 0.15) is 29.9 Å². The van der Waals surface area contributed by atoms with Gasteiger partial charge in [0.15, 0.2) is 0 Å². The van der Waals surface area contributed by atoms with E-state index in [1.165, 1.54) is 0 Å². The van der Waals surface area contributed by atoms with Gasteiger partial charge in [-0.2, -0.15) is 0 Å². The molecule has 0 aliphatic carbocycles. The first-order chi connectivity index (χ1) is 9.72. The molecule has 1 atom stereocenters. The third kappa shape index (κ3) is 2.11. The van der Waals surface area contributed by atoms with Gasteiger partial charge in [-0.05, 0) is 17.7 Å². The fourth-order valence-corrected chi connectivity index (χ4v) is 2.86. The maximum absolute atomic E-state index is 6.46. The first-order valence-corrected chi connectivity index (χ1v) is 7.10. The predicted molar refractivity (Wildman–Crippen MR) is 83.1 cm³/mol. The zero-order valence-electron chi connectivity index (χ0n) is 11.3. The van der Waals surface area contributed by atoms with E-state index in [1.807, 2.05) is 48.5 Å². The van der Waals surface area contributed by atoms with Crippen LogP contribution in [0, 0.1) is 0 Å². The summed E-state index contributed by atoms with van der Waals surface area (Å²) >= 11 is 6.27. The molecule has 1 aromatic heterocycles. The Morgan fingerprint density at radius 3 is 2.55 bits per heavy atom. The highest BCUT2D eigenvalue weighted by molar-refractivity contribution is 6.31. The number of para-hydroxylation sites is 1. The monoisotopic (exact) mass is 285 g/mol. The summed E-state index contributed by atoms with van der Waals surface area (Å²) in [6.07, 6.45) is 0.808. The van der Waals surface area contributed by atoms with Gasteiger partial charge >= 0.3 is 0 Å². The molecule has 20 heavy (non-hydrogen) atoms.